The first-order valence-corrected chi connectivity index (χ1v) is 6.56. The lowest BCUT2D eigenvalue weighted by atomic mass is 9.87. The standard InChI is InChI=1S/C13H15BrFNO3/c1-3-13(2,12(18)19)7-16-11(17)8-4-5-10(15)9(14)6-8/h4-6H,3,7H2,1-2H3,(H,16,17)(H,18,19). The molecule has 0 saturated carbocycles. The molecule has 1 atom stereocenters. The van der Waals surface area contributed by atoms with Crippen LogP contribution in [0.4, 0.5) is 4.39 Å². The number of carboxylic acids is 1. The summed E-state index contributed by atoms with van der Waals surface area (Å²) >= 11 is 2.99. The Kier molecular flexibility index (Phi) is 5.05. The van der Waals surface area contributed by atoms with E-state index >= 15 is 0 Å². The molecule has 6 heteroatoms. The Morgan fingerprint density at radius 2 is 2.11 bits per heavy atom. The van der Waals surface area contributed by atoms with Gasteiger partial charge in [-0.25, -0.2) is 4.39 Å². The molecule has 0 aliphatic heterocycles. The summed E-state index contributed by atoms with van der Waals surface area (Å²) in [5.74, 6) is -1.85. The number of carbonyl (C=O) groups is 2. The summed E-state index contributed by atoms with van der Waals surface area (Å²) in [4.78, 5) is 22.9. The number of rotatable bonds is 5. The van der Waals surface area contributed by atoms with Gasteiger partial charge in [-0.05, 0) is 47.5 Å². The monoisotopic (exact) mass is 331 g/mol. The van der Waals surface area contributed by atoms with Gasteiger partial charge < -0.3 is 10.4 Å². The van der Waals surface area contributed by atoms with Crippen LogP contribution in [0.3, 0.4) is 0 Å². The van der Waals surface area contributed by atoms with Crippen LogP contribution in [-0.4, -0.2) is 23.5 Å². The maximum Gasteiger partial charge on any atom is 0.311 e. The van der Waals surface area contributed by atoms with Crippen molar-refractivity contribution >= 4 is 27.8 Å². The van der Waals surface area contributed by atoms with Gasteiger partial charge in [-0.3, -0.25) is 9.59 Å². The highest BCUT2D eigenvalue weighted by molar-refractivity contribution is 9.10. The molecule has 0 spiro atoms. The maximum absolute atomic E-state index is 13.0. The molecule has 19 heavy (non-hydrogen) atoms. The van der Waals surface area contributed by atoms with Crippen LogP contribution >= 0.6 is 15.9 Å². The van der Waals surface area contributed by atoms with Gasteiger partial charge >= 0.3 is 5.97 Å². The van der Waals surface area contributed by atoms with Crippen LogP contribution in [-0.2, 0) is 4.79 Å². The second-order valence-corrected chi connectivity index (χ2v) is 5.39. The molecule has 1 amide bonds. The molecule has 1 unspecified atom stereocenters. The summed E-state index contributed by atoms with van der Waals surface area (Å²) < 4.78 is 13.2. The topological polar surface area (TPSA) is 66.4 Å². The fourth-order valence-corrected chi connectivity index (χ4v) is 1.75. The van der Waals surface area contributed by atoms with E-state index in [0.717, 1.165) is 0 Å². The van der Waals surface area contributed by atoms with Crippen molar-refractivity contribution in [2.75, 3.05) is 6.54 Å². The molecule has 4 nitrogen and oxygen atoms in total. The molecule has 0 saturated heterocycles. The largest absolute Gasteiger partial charge is 0.481 e. The fourth-order valence-electron chi connectivity index (χ4n) is 1.37. The molecule has 1 aromatic rings. The van der Waals surface area contributed by atoms with Gasteiger partial charge in [0.15, 0.2) is 0 Å². The average Bonchev–Trinajstić information content (AvgIpc) is 2.38. The van der Waals surface area contributed by atoms with E-state index in [1.807, 2.05) is 0 Å². The predicted molar refractivity (Wildman–Crippen MR) is 72.5 cm³/mol. The summed E-state index contributed by atoms with van der Waals surface area (Å²) in [6, 6.07) is 3.88. The normalized spacial score (nSPS) is 13.7. The lowest BCUT2D eigenvalue weighted by Gasteiger charge is -2.23. The number of benzene rings is 1. The van der Waals surface area contributed by atoms with Gasteiger partial charge in [0.2, 0.25) is 0 Å². The highest BCUT2D eigenvalue weighted by atomic mass is 79.9. The number of hydrogen-bond donors (Lipinski definition) is 2. The Morgan fingerprint density at radius 3 is 2.58 bits per heavy atom. The second-order valence-electron chi connectivity index (χ2n) is 4.53. The van der Waals surface area contributed by atoms with Crippen LogP contribution in [0.15, 0.2) is 22.7 Å². The number of nitrogens with one attached hydrogen (secondary N) is 1. The molecule has 0 heterocycles. The van der Waals surface area contributed by atoms with Gasteiger partial charge in [0.1, 0.15) is 5.82 Å². The number of halogens is 2. The van der Waals surface area contributed by atoms with Crippen molar-refractivity contribution in [1.82, 2.24) is 5.32 Å². The zero-order chi connectivity index (χ0) is 14.6. The van der Waals surface area contributed by atoms with Crippen LogP contribution in [0, 0.1) is 11.2 Å². The summed E-state index contributed by atoms with van der Waals surface area (Å²) in [6.45, 7) is 3.33. The van der Waals surface area contributed by atoms with E-state index in [2.05, 4.69) is 21.2 Å². The van der Waals surface area contributed by atoms with Crippen molar-refractivity contribution in [2.24, 2.45) is 5.41 Å². The van der Waals surface area contributed by atoms with Crippen LogP contribution < -0.4 is 5.32 Å². The minimum absolute atomic E-state index is 0.0205. The third-order valence-electron chi connectivity index (χ3n) is 3.12. The van der Waals surface area contributed by atoms with Crippen molar-refractivity contribution in [3.63, 3.8) is 0 Å². The number of hydrogen-bond acceptors (Lipinski definition) is 2. The van der Waals surface area contributed by atoms with Crippen molar-refractivity contribution in [3.8, 4) is 0 Å². The van der Waals surface area contributed by atoms with E-state index < -0.39 is 23.1 Å². The molecular weight excluding hydrogens is 317 g/mol. The molecule has 0 bridgehead atoms. The van der Waals surface area contributed by atoms with Gasteiger partial charge in [0, 0.05) is 12.1 Å². The van der Waals surface area contributed by atoms with E-state index in [-0.39, 0.29) is 16.6 Å². The Balaban J connectivity index is 2.75. The second kappa shape index (κ2) is 6.14. The lowest BCUT2D eigenvalue weighted by Crippen LogP contribution is -2.40. The molecule has 0 aliphatic carbocycles. The number of carboxylic acid groups (broad SMARTS) is 1. The van der Waals surface area contributed by atoms with E-state index in [1.54, 1.807) is 13.8 Å². The maximum atomic E-state index is 13.0. The van der Waals surface area contributed by atoms with Gasteiger partial charge in [0.25, 0.3) is 5.91 Å². The first-order chi connectivity index (χ1) is 8.80. The highest BCUT2D eigenvalue weighted by Gasteiger charge is 2.31. The number of amides is 1. The third-order valence-corrected chi connectivity index (χ3v) is 3.73. The van der Waals surface area contributed by atoms with E-state index in [9.17, 15) is 14.0 Å². The number of carbonyl (C=O) groups excluding carboxylic acids is 1. The zero-order valence-corrected chi connectivity index (χ0v) is 12.3. The quantitative estimate of drug-likeness (QED) is 0.871. The number of aliphatic carboxylic acids is 1. The lowest BCUT2D eigenvalue weighted by molar-refractivity contribution is -0.147. The Morgan fingerprint density at radius 1 is 1.47 bits per heavy atom. The fraction of sp³-hybridized carbons (Fsp3) is 0.385. The summed E-state index contributed by atoms with van der Waals surface area (Å²) in [5, 5.41) is 11.6. The van der Waals surface area contributed by atoms with Gasteiger partial charge in [-0.15, -0.1) is 0 Å². The molecule has 0 radical (unpaired) electrons. The minimum Gasteiger partial charge on any atom is -0.481 e. The van der Waals surface area contributed by atoms with Crippen LogP contribution in [0.1, 0.15) is 30.6 Å². The van der Waals surface area contributed by atoms with Gasteiger partial charge in [-0.1, -0.05) is 6.92 Å². The Bertz CT molecular complexity index is 507. The van der Waals surface area contributed by atoms with Crippen molar-refractivity contribution in [2.45, 2.75) is 20.3 Å². The molecule has 104 valence electrons. The van der Waals surface area contributed by atoms with E-state index in [4.69, 9.17) is 5.11 Å². The summed E-state index contributed by atoms with van der Waals surface area (Å²) in [7, 11) is 0. The van der Waals surface area contributed by atoms with Crippen LogP contribution in [0.2, 0.25) is 0 Å². The molecule has 0 fully saturated rings. The first kappa shape index (κ1) is 15.6. The van der Waals surface area contributed by atoms with E-state index in [0.29, 0.717) is 6.42 Å². The van der Waals surface area contributed by atoms with Crippen molar-refractivity contribution in [1.29, 1.82) is 0 Å². The van der Waals surface area contributed by atoms with Crippen molar-refractivity contribution in [3.05, 3.63) is 34.1 Å². The van der Waals surface area contributed by atoms with Crippen LogP contribution in [0.25, 0.3) is 0 Å². The van der Waals surface area contributed by atoms with Crippen molar-refractivity contribution < 1.29 is 19.1 Å². The molecule has 0 aliphatic rings. The highest BCUT2D eigenvalue weighted by Crippen LogP contribution is 2.21. The molecule has 1 aromatic carbocycles. The Labute approximate surface area is 119 Å². The van der Waals surface area contributed by atoms with E-state index in [1.165, 1.54) is 18.2 Å². The zero-order valence-electron chi connectivity index (χ0n) is 10.7. The van der Waals surface area contributed by atoms with Crippen LogP contribution in [0.5, 0.6) is 0 Å². The third kappa shape index (κ3) is 3.76. The molecular formula is C13H15BrFNO3. The smallest absolute Gasteiger partial charge is 0.311 e. The molecule has 2 N–H and O–H groups in total. The predicted octanol–water partition coefficient (Wildman–Crippen LogP) is 2.82. The Hall–Kier alpha value is -1.43. The summed E-state index contributed by atoms with van der Waals surface area (Å²) in [5.41, 5.74) is -0.732. The first-order valence-electron chi connectivity index (χ1n) is 5.77. The molecule has 0 aromatic heterocycles. The molecule has 1 rings (SSSR count). The minimum atomic E-state index is -1.01. The average molecular weight is 332 g/mol. The van der Waals surface area contributed by atoms with Gasteiger partial charge in [0.05, 0.1) is 9.89 Å². The summed E-state index contributed by atoms with van der Waals surface area (Å²) in [6.07, 6.45) is 0.399. The SMILES string of the molecule is CCC(C)(CNC(=O)c1ccc(F)c(Br)c1)C(=O)O. The van der Waals surface area contributed by atoms with Gasteiger partial charge in [-0.2, -0.15) is 0 Å².